The number of allylic oxidation sites excluding steroid dienone is 8. The standard InChI is InChI=1S/C50H83N3O16P2/c1-3-5-7-8-9-10-11-12-13-14-18-21-24-27-30-34-45(55)64-38-42(67-46(56)35-31-28-25-22-19-16-15-17-20-23-26-29-33-41(54)32-6-4-2)39-65-70(60,61)69-71(62,63)66-40-43-47(57)48(58)49(68-43)53-37-36-44(51)52-50(53)59/h6,15-16,20,22-23,25-26,29,32,36-37,41-43,47-49,54,57-58H,3-5,7-14,17-19,21,24,27-28,30-31,33-35,38-40H2,1-2H3,(H,60,61)(H,62,63)(H2,51,52,59)/b16-15-,23-20-,25-22-,29-26+,32-6-/t41?,42-,43-,47-,48-,49-/m1/s1. The van der Waals surface area contributed by atoms with Gasteiger partial charge in [0.2, 0.25) is 0 Å². The molecule has 1 aromatic heterocycles. The average molecular weight is 1040 g/mol. The van der Waals surface area contributed by atoms with Crippen LogP contribution < -0.4 is 11.4 Å². The lowest BCUT2D eigenvalue weighted by molar-refractivity contribution is -0.161. The summed E-state index contributed by atoms with van der Waals surface area (Å²) in [5.74, 6) is -1.39. The van der Waals surface area contributed by atoms with Crippen molar-refractivity contribution in [3.63, 3.8) is 0 Å². The normalized spacial score (nSPS) is 20.1. The first kappa shape index (κ1) is 63.5. The van der Waals surface area contributed by atoms with Gasteiger partial charge in [-0.2, -0.15) is 9.29 Å². The van der Waals surface area contributed by atoms with Crippen LogP contribution in [0.5, 0.6) is 0 Å². The van der Waals surface area contributed by atoms with E-state index in [-0.39, 0.29) is 18.7 Å². The zero-order valence-electron chi connectivity index (χ0n) is 41.9. The molecule has 3 unspecified atom stereocenters. The van der Waals surface area contributed by atoms with Crippen LogP contribution in [0.3, 0.4) is 0 Å². The number of phosphoric acid groups is 2. The number of nitrogen functional groups attached to an aromatic ring is 1. The van der Waals surface area contributed by atoms with Crippen LogP contribution in [0.4, 0.5) is 5.82 Å². The van der Waals surface area contributed by atoms with E-state index in [1.165, 1.54) is 70.3 Å². The highest BCUT2D eigenvalue weighted by molar-refractivity contribution is 7.61. The molecule has 0 aliphatic carbocycles. The molecule has 7 N–H and O–H groups in total. The van der Waals surface area contributed by atoms with Crippen LogP contribution in [0, 0.1) is 0 Å². The molecule has 1 aliphatic rings. The number of aliphatic hydroxyl groups is 3. The molecule has 1 fully saturated rings. The number of hydrogen-bond acceptors (Lipinski definition) is 16. The molecule has 0 saturated carbocycles. The van der Waals surface area contributed by atoms with Crippen LogP contribution in [-0.4, -0.2) is 96.9 Å². The molecule has 21 heteroatoms. The summed E-state index contributed by atoms with van der Waals surface area (Å²) in [6, 6.07) is 1.24. The monoisotopic (exact) mass is 1040 g/mol. The summed E-state index contributed by atoms with van der Waals surface area (Å²) >= 11 is 0. The van der Waals surface area contributed by atoms with E-state index in [4.69, 9.17) is 29.0 Å². The van der Waals surface area contributed by atoms with Gasteiger partial charge in [-0.1, -0.05) is 164 Å². The summed E-state index contributed by atoms with van der Waals surface area (Å²) in [5, 5.41) is 30.7. The van der Waals surface area contributed by atoms with E-state index in [1.54, 1.807) is 6.08 Å². The molecule has 0 aromatic carbocycles. The third kappa shape index (κ3) is 30.9. The predicted molar refractivity (Wildman–Crippen MR) is 272 cm³/mol. The third-order valence-electron chi connectivity index (χ3n) is 11.2. The number of ether oxygens (including phenoxy) is 3. The van der Waals surface area contributed by atoms with Gasteiger partial charge >= 0.3 is 33.3 Å². The van der Waals surface area contributed by atoms with Gasteiger partial charge in [0.05, 0.1) is 19.3 Å². The van der Waals surface area contributed by atoms with E-state index in [9.17, 15) is 48.6 Å². The Morgan fingerprint density at radius 3 is 1.97 bits per heavy atom. The molecule has 404 valence electrons. The Bertz CT molecular complexity index is 1940. The minimum Gasteiger partial charge on any atom is -0.462 e. The molecular weight excluding hydrogens is 961 g/mol. The minimum atomic E-state index is -5.44. The van der Waals surface area contributed by atoms with Gasteiger partial charge in [0.25, 0.3) is 0 Å². The van der Waals surface area contributed by atoms with Crippen LogP contribution in [0.1, 0.15) is 168 Å². The average Bonchev–Trinajstić information content (AvgIpc) is 3.60. The predicted octanol–water partition coefficient (Wildman–Crippen LogP) is 9.30. The van der Waals surface area contributed by atoms with Crippen molar-refractivity contribution in [1.29, 1.82) is 0 Å². The van der Waals surface area contributed by atoms with Crippen molar-refractivity contribution in [2.75, 3.05) is 25.6 Å². The third-order valence-corrected chi connectivity index (χ3v) is 13.8. The van der Waals surface area contributed by atoms with Crippen LogP contribution >= 0.6 is 15.6 Å². The molecule has 1 aliphatic heterocycles. The number of anilines is 1. The van der Waals surface area contributed by atoms with Crippen molar-refractivity contribution in [1.82, 2.24) is 9.55 Å². The SMILES string of the molecule is CC/C=C\C(O)C/C=C/C=C\C/C=C\C/C=C\CCCC(=O)O[C@H](COC(=O)CCCCCCCCCCCCCCCCC)COP(=O)(O)OP(=O)(O)OC[C@H]1O[C@@H](n2ccc(N)nc2=O)[C@H](O)[C@@H]1O. The van der Waals surface area contributed by atoms with Crippen molar-refractivity contribution in [3.05, 3.63) is 83.5 Å². The Balaban J connectivity index is 1.84. The van der Waals surface area contributed by atoms with Crippen LogP contribution in [0.15, 0.2) is 77.8 Å². The van der Waals surface area contributed by atoms with Crippen molar-refractivity contribution >= 4 is 33.4 Å². The molecular formula is C50H83N3O16P2. The van der Waals surface area contributed by atoms with Crippen molar-refractivity contribution in [3.8, 4) is 0 Å². The lowest BCUT2D eigenvalue weighted by Crippen LogP contribution is -2.36. The zero-order valence-corrected chi connectivity index (χ0v) is 43.7. The minimum absolute atomic E-state index is 0.0466. The Morgan fingerprint density at radius 1 is 0.761 bits per heavy atom. The van der Waals surface area contributed by atoms with E-state index in [0.29, 0.717) is 32.1 Å². The second kappa shape index (κ2) is 38.1. The molecule has 0 amide bonds. The fraction of sp³-hybridized carbons (Fsp3) is 0.680. The smallest absolute Gasteiger partial charge is 0.462 e. The van der Waals surface area contributed by atoms with E-state index in [0.717, 1.165) is 49.3 Å². The van der Waals surface area contributed by atoms with Crippen molar-refractivity contribution < 1.29 is 71.4 Å². The van der Waals surface area contributed by atoms with E-state index < -0.39 is 89.8 Å². The molecule has 0 bridgehead atoms. The number of nitrogens with zero attached hydrogens (tertiary/aromatic N) is 2. The fourth-order valence-electron chi connectivity index (χ4n) is 7.25. The Morgan fingerprint density at radius 2 is 1.34 bits per heavy atom. The van der Waals surface area contributed by atoms with Crippen molar-refractivity contribution in [2.45, 2.75) is 198 Å². The van der Waals surface area contributed by atoms with Gasteiger partial charge in [-0.15, -0.1) is 0 Å². The number of carbonyl (C=O) groups excluding carboxylic acids is 2. The van der Waals surface area contributed by atoms with E-state index in [1.807, 2.05) is 61.6 Å². The topological polar surface area (TPSA) is 286 Å². The molecule has 2 rings (SSSR count). The number of rotatable bonds is 41. The van der Waals surface area contributed by atoms with Gasteiger partial charge in [-0.25, -0.2) is 13.9 Å². The van der Waals surface area contributed by atoms with Gasteiger partial charge in [0, 0.05) is 19.0 Å². The highest BCUT2D eigenvalue weighted by Crippen LogP contribution is 2.60. The lowest BCUT2D eigenvalue weighted by atomic mass is 10.0. The second-order valence-corrected chi connectivity index (χ2v) is 20.5. The highest BCUT2D eigenvalue weighted by Gasteiger charge is 2.46. The molecule has 71 heavy (non-hydrogen) atoms. The number of aliphatic hydroxyl groups excluding tert-OH is 3. The summed E-state index contributed by atoms with van der Waals surface area (Å²) < 4.78 is 56.7. The number of nitrogens with two attached hydrogens (primary N) is 1. The largest absolute Gasteiger partial charge is 0.481 e. The number of unbranched alkanes of at least 4 members (excludes halogenated alkanes) is 15. The number of esters is 2. The van der Waals surface area contributed by atoms with Crippen LogP contribution in [-0.2, 0) is 46.3 Å². The first-order valence-electron chi connectivity index (χ1n) is 25.4. The molecule has 19 nitrogen and oxygen atoms in total. The first-order chi connectivity index (χ1) is 34.1. The molecule has 1 aromatic rings. The molecule has 8 atom stereocenters. The maximum atomic E-state index is 12.8. The van der Waals surface area contributed by atoms with Crippen LogP contribution in [0.2, 0.25) is 0 Å². The van der Waals surface area contributed by atoms with E-state index in [2.05, 4.69) is 16.2 Å². The second-order valence-electron chi connectivity index (χ2n) is 17.5. The lowest BCUT2D eigenvalue weighted by Gasteiger charge is -2.21. The highest BCUT2D eigenvalue weighted by atomic mass is 31.3. The summed E-state index contributed by atoms with van der Waals surface area (Å²) in [5.41, 5.74) is 4.58. The number of aromatic nitrogens is 2. The zero-order chi connectivity index (χ0) is 52.2. The quantitative estimate of drug-likeness (QED) is 0.0117. The molecule has 2 heterocycles. The number of carbonyl (C=O) groups is 2. The Hall–Kier alpha value is -3.58. The Labute approximate surface area is 420 Å². The maximum absolute atomic E-state index is 12.8. The van der Waals surface area contributed by atoms with Crippen LogP contribution in [0.25, 0.3) is 0 Å². The summed E-state index contributed by atoms with van der Waals surface area (Å²) in [4.78, 5) is 61.9. The Kier molecular flexibility index (Phi) is 34.1. The van der Waals surface area contributed by atoms with Gasteiger partial charge in [-0.3, -0.25) is 23.2 Å². The van der Waals surface area contributed by atoms with Gasteiger partial charge < -0.3 is 45.1 Å². The summed E-state index contributed by atoms with van der Waals surface area (Å²) in [7, 11) is -10.9. The molecule has 0 spiro atoms. The molecule has 0 radical (unpaired) electrons. The van der Waals surface area contributed by atoms with Crippen molar-refractivity contribution in [2.24, 2.45) is 0 Å². The number of hydrogen-bond donors (Lipinski definition) is 6. The fourth-order valence-corrected chi connectivity index (χ4v) is 9.36. The first-order valence-corrected chi connectivity index (χ1v) is 28.4. The maximum Gasteiger partial charge on any atom is 0.481 e. The molecule has 1 saturated heterocycles. The van der Waals surface area contributed by atoms with Gasteiger partial charge in [0.1, 0.15) is 30.7 Å². The van der Waals surface area contributed by atoms with Gasteiger partial charge in [0.15, 0.2) is 12.3 Å². The van der Waals surface area contributed by atoms with E-state index >= 15 is 0 Å². The van der Waals surface area contributed by atoms with Gasteiger partial charge in [-0.05, 0) is 51.0 Å². The summed E-state index contributed by atoms with van der Waals surface area (Å²) in [6.07, 6.45) is 33.6. The number of phosphoric ester groups is 2. The summed E-state index contributed by atoms with van der Waals surface area (Å²) in [6.45, 7) is 1.86.